The Morgan fingerprint density at radius 2 is 1.73 bits per heavy atom. The van der Waals surface area contributed by atoms with Crippen molar-refractivity contribution in [1.82, 2.24) is 4.90 Å². The normalized spacial score (nSPS) is 14.1. The monoisotopic (exact) mass is 359 g/mol. The molecule has 22 heavy (non-hydrogen) atoms. The molecule has 4 heteroatoms. The minimum absolute atomic E-state index is 0.135. The molecular weight excluding hydrogens is 342 g/mol. The van der Waals surface area contributed by atoms with Crippen molar-refractivity contribution in [3.8, 4) is 5.75 Å². The maximum atomic E-state index is 12.3. The molecule has 0 saturated carbocycles. The van der Waals surface area contributed by atoms with Crippen LogP contribution in [0.1, 0.15) is 28.8 Å². The maximum absolute atomic E-state index is 12.3. The van der Waals surface area contributed by atoms with E-state index in [4.69, 9.17) is 4.74 Å². The van der Waals surface area contributed by atoms with Crippen LogP contribution in [0.3, 0.4) is 0 Å². The van der Waals surface area contributed by atoms with Crippen LogP contribution in [-0.2, 0) is 6.61 Å². The Bertz CT molecular complexity index is 648. The second kappa shape index (κ2) is 6.97. The van der Waals surface area contributed by atoms with E-state index in [0.29, 0.717) is 6.61 Å². The SMILES string of the molecule is O=C(c1ccc(COc2ccccc2Br)cc1)N1CCCC1. The largest absolute Gasteiger partial charge is 0.488 e. The van der Waals surface area contributed by atoms with Crippen molar-refractivity contribution in [3.05, 3.63) is 64.1 Å². The molecule has 1 heterocycles. The molecule has 114 valence electrons. The molecule has 3 nitrogen and oxygen atoms in total. The average molecular weight is 360 g/mol. The van der Waals surface area contributed by atoms with Crippen LogP contribution in [0, 0.1) is 0 Å². The van der Waals surface area contributed by atoms with Crippen LogP contribution in [0.15, 0.2) is 53.0 Å². The number of amides is 1. The summed E-state index contributed by atoms with van der Waals surface area (Å²) in [5.74, 6) is 0.954. The zero-order valence-electron chi connectivity index (χ0n) is 12.3. The lowest BCUT2D eigenvalue weighted by atomic mass is 10.1. The Balaban J connectivity index is 1.62. The number of rotatable bonds is 4. The molecule has 0 radical (unpaired) electrons. The van der Waals surface area contributed by atoms with E-state index in [1.807, 2.05) is 53.4 Å². The Morgan fingerprint density at radius 1 is 1.05 bits per heavy atom. The molecule has 2 aromatic rings. The first-order valence-electron chi connectivity index (χ1n) is 7.49. The number of carbonyl (C=O) groups is 1. The molecule has 0 spiro atoms. The Labute approximate surface area is 139 Å². The van der Waals surface area contributed by atoms with Crippen LogP contribution in [-0.4, -0.2) is 23.9 Å². The van der Waals surface area contributed by atoms with Crippen molar-refractivity contribution in [1.29, 1.82) is 0 Å². The van der Waals surface area contributed by atoms with Gasteiger partial charge in [0.25, 0.3) is 5.91 Å². The Kier molecular flexibility index (Phi) is 4.78. The third-order valence-corrected chi connectivity index (χ3v) is 4.48. The van der Waals surface area contributed by atoms with Crippen molar-refractivity contribution in [2.45, 2.75) is 19.4 Å². The van der Waals surface area contributed by atoms with Gasteiger partial charge in [-0.1, -0.05) is 24.3 Å². The van der Waals surface area contributed by atoms with Gasteiger partial charge in [0, 0.05) is 18.7 Å². The molecule has 0 aliphatic carbocycles. The molecule has 1 amide bonds. The second-order valence-electron chi connectivity index (χ2n) is 5.42. The lowest BCUT2D eigenvalue weighted by molar-refractivity contribution is 0.0793. The number of halogens is 1. The summed E-state index contributed by atoms with van der Waals surface area (Å²) >= 11 is 3.46. The van der Waals surface area contributed by atoms with Crippen LogP contribution in [0.2, 0.25) is 0 Å². The van der Waals surface area contributed by atoms with Crippen molar-refractivity contribution in [2.24, 2.45) is 0 Å². The van der Waals surface area contributed by atoms with Gasteiger partial charge in [0.2, 0.25) is 0 Å². The summed E-state index contributed by atoms with van der Waals surface area (Å²) in [6, 6.07) is 15.5. The minimum Gasteiger partial charge on any atom is -0.488 e. The predicted octanol–water partition coefficient (Wildman–Crippen LogP) is 4.26. The van der Waals surface area contributed by atoms with Gasteiger partial charge in [-0.3, -0.25) is 4.79 Å². The first kappa shape index (κ1) is 15.1. The summed E-state index contributed by atoms with van der Waals surface area (Å²) in [4.78, 5) is 14.2. The van der Waals surface area contributed by atoms with Gasteiger partial charge in [-0.15, -0.1) is 0 Å². The van der Waals surface area contributed by atoms with Gasteiger partial charge in [0.1, 0.15) is 12.4 Å². The average Bonchev–Trinajstić information content (AvgIpc) is 3.08. The molecule has 0 bridgehead atoms. The summed E-state index contributed by atoms with van der Waals surface area (Å²) in [6.45, 7) is 2.25. The van der Waals surface area contributed by atoms with Crippen LogP contribution in [0.5, 0.6) is 5.75 Å². The molecule has 1 aliphatic heterocycles. The molecule has 0 unspecified atom stereocenters. The number of nitrogens with zero attached hydrogens (tertiary/aromatic N) is 1. The standard InChI is InChI=1S/C18H18BrNO2/c19-16-5-1-2-6-17(16)22-13-14-7-9-15(10-8-14)18(21)20-11-3-4-12-20/h1-2,5-10H,3-4,11-13H2. The Hall–Kier alpha value is -1.81. The number of likely N-dealkylation sites (tertiary alicyclic amines) is 1. The molecule has 0 atom stereocenters. The first-order chi connectivity index (χ1) is 10.7. The number of hydrogen-bond acceptors (Lipinski definition) is 2. The lowest BCUT2D eigenvalue weighted by Gasteiger charge is -2.15. The third-order valence-electron chi connectivity index (χ3n) is 3.83. The topological polar surface area (TPSA) is 29.5 Å². The summed E-state index contributed by atoms with van der Waals surface area (Å²) in [7, 11) is 0. The van der Waals surface area contributed by atoms with E-state index in [2.05, 4.69) is 15.9 Å². The highest BCUT2D eigenvalue weighted by Gasteiger charge is 2.19. The van der Waals surface area contributed by atoms with E-state index in [9.17, 15) is 4.79 Å². The van der Waals surface area contributed by atoms with Crippen LogP contribution < -0.4 is 4.74 Å². The molecule has 1 aliphatic rings. The highest BCUT2D eigenvalue weighted by atomic mass is 79.9. The molecule has 0 N–H and O–H groups in total. The number of para-hydroxylation sites is 1. The van der Waals surface area contributed by atoms with Crippen molar-refractivity contribution >= 4 is 21.8 Å². The summed E-state index contributed by atoms with van der Waals surface area (Å²) in [6.07, 6.45) is 2.23. The van der Waals surface area contributed by atoms with E-state index in [1.54, 1.807) is 0 Å². The van der Waals surface area contributed by atoms with Crippen molar-refractivity contribution in [2.75, 3.05) is 13.1 Å². The number of hydrogen-bond donors (Lipinski definition) is 0. The van der Waals surface area contributed by atoms with E-state index >= 15 is 0 Å². The third kappa shape index (κ3) is 3.50. The lowest BCUT2D eigenvalue weighted by Crippen LogP contribution is -2.27. The van der Waals surface area contributed by atoms with Gasteiger partial charge in [-0.05, 0) is 58.6 Å². The van der Waals surface area contributed by atoms with Gasteiger partial charge in [-0.2, -0.15) is 0 Å². The fourth-order valence-corrected chi connectivity index (χ4v) is 2.97. The number of carbonyl (C=O) groups excluding carboxylic acids is 1. The van der Waals surface area contributed by atoms with Gasteiger partial charge in [0.15, 0.2) is 0 Å². The molecular formula is C18H18BrNO2. The fourth-order valence-electron chi connectivity index (χ4n) is 2.57. The van der Waals surface area contributed by atoms with Crippen LogP contribution in [0.25, 0.3) is 0 Å². The minimum atomic E-state index is 0.135. The fraction of sp³-hybridized carbons (Fsp3) is 0.278. The second-order valence-corrected chi connectivity index (χ2v) is 6.27. The van der Waals surface area contributed by atoms with Crippen molar-refractivity contribution in [3.63, 3.8) is 0 Å². The first-order valence-corrected chi connectivity index (χ1v) is 8.29. The van der Waals surface area contributed by atoms with E-state index in [0.717, 1.165) is 47.3 Å². The highest BCUT2D eigenvalue weighted by molar-refractivity contribution is 9.10. The summed E-state index contributed by atoms with van der Waals surface area (Å²) in [5, 5.41) is 0. The van der Waals surface area contributed by atoms with E-state index in [1.165, 1.54) is 0 Å². The van der Waals surface area contributed by atoms with E-state index < -0.39 is 0 Å². The zero-order valence-corrected chi connectivity index (χ0v) is 13.9. The summed E-state index contributed by atoms with van der Waals surface area (Å²) in [5.41, 5.74) is 1.81. The highest BCUT2D eigenvalue weighted by Crippen LogP contribution is 2.24. The van der Waals surface area contributed by atoms with Crippen LogP contribution >= 0.6 is 15.9 Å². The van der Waals surface area contributed by atoms with Gasteiger partial charge >= 0.3 is 0 Å². The van der Waals surface area contributed by atoms with Gasteiger partial charge in [-0.25, -0.2) is 0 Å². The van der Waals surface area contributed by atoms with Crippen molar-refractivity contribution < 1.29 is 9.53 Å². The zero-order chi connectivity index (χ0) is 15.4. The Morgan fingerprint density at radius 3 is 2.41 bits per heavy atom. The number of ether oxygens (including phenoxy) is 1. The van der Waals surface area contributed by atoms with Gasteiger partial charge < -0.3 is 9.64 Å². The van der Waals surface area contributed by atoms with Gasteiger partial charge in [0.05, 0.1) is 4.47 Å². The number of benzene rings is 2. The molecule has 2 aromatic carbocycles. The molecule has 1 saturated heterocycles. The molecule has 3 rings (SSSR count). The summed E-state index contributed by atoms with van der Waals surface area (Å²) < 4.78 is 6.72. The molecule has 1 fully saturated rings. The van der Waals surface area contributed by atoms with E-state index in [-0.39, 0.29) is 5.91 Å². The quantitative estimate of drug-likeness (QED) is 0.815. The predicted molar refractivity (Wildman–Crippen MR) is 90.1 cm³/mol. The smallest absolute Gasteiger partial charge is 0.253 e. The maximum Gasteiger partial charge on any atom is 0.253 e. The van der Waals surface area contributed by atoms with Crippen LogP contribution in [0.4, 0.5) is 0 Å². The molecule has 0 aromatic heterocycles.